The van der Waals surface area contributed by atoms with Crippen LogP contribution in [0.4, 0.5) is 0 Å². The Morgan fingerprint density at radius 2 is 1.07 bits per heavy atom. The summed E-state index contributed by atoms with van der Waals surface area (Å²) in [5.74, 6) is 0.836. The molecule has 4 aromatic heterocycles. The molecule has 0 radical (unpaired) electrons. The van der Waals surface area contributed by atoms with E-state index in [0.29, 0.717) is 0 Å². The van der Waals surface area contributed by atoms with Crippen molar-refractivity contribution in [3.63, 3.8) is 0 Å². The number of hydrogen-bond acceptors (Lipinski definition) is 2. The first-order valence-electron chi connectivity index (χ1n) is 15.7. The van der Waals surface area contributed by atoms with Crippen LogP contribution in [0.5, 0.6) is 0 Å². The van der Waals surface area contributed by atoms with Crippen LogP contribution in [0.15, 0.2) is 146 Å². The SMILES string of the molecule is c1ccc(-c2nc3ccccc3nc2-n2c3ccc4ccccc4c3c3c2c2cc4ccccc4c4c5ccccc5n3c24)cc1. The van der Waals surface area contributed by atoms with Gasteiger partial charge in [0.25, 0.3) is 0 Å². The molecule has 11 aromatic rings. The number of aromatic nitrogens is 4. The van der Waals surface area contributed by atoms with E-state index in [1.54, 1.807) is 0 Å². The van der Waals surface area contributed by atoms with Gasteiger partial charge in [0, 0.05) is 27.1 Å². The predicted molar refractivity (Wildman–Crippen MR) is 191 cm³/mol. The first-order valence-corrected chi connectivity index (χ1v) is 15.7. The number of fused-ring (bicyclic) bond motifs is 13. The molecule has 0 aliphatic carbocycles. The molecule has 0 unspecified atom stereocenters. The smallest absolute Gasteiger partial charge is 0.165 e. The summed E-state index contributed by atoms with van der Waals surface area (Å²) >= 11 is 0. The predicted octanol–water partition coefficient (Wildman–Crippen LogP) is 10.7. The zero-order valence-electron chi connectivity index (χ0n) is 24.6. The van der Waals surface area contributed by atoms with Crippen LogP contribution in [0.2, 0.25) is 0 Å². The maximum atomic E-state index is 5.43. The van der Waals surface area contributed by atoms with E-state index in [9.17, 15) is 0 Å². The summed E-state index contributed by atoms with van der Waals surface area (Å²) in [6.07, 6.45) is 0. The second-order valence-corrected chi connectivity index (χ2v) is 12.2. The third kappa shape index (κ3) is 2.98. The highest BCUT2D eigenvalue weighted by Crippen LogP contribution is 2.48. The lowest BCUT2D eigenvalue weighted by Gasteiger charge is -2.14. The molecule has 0 fully saturated rings. The lowest BCUT2D eigenvalue weighted by atomic mass is 10.0. The van der Waals surface area contributed by atoms with Gasteiger partial charge in [-0.2, -0.15) is 0 Å². The summed E-state index contributed by atoms with van der Waals surface area (Å²) in [5.41, 5.74) is 9.62. The zero-order chi connectivity index (χ0) is 29.9. The monoisotopic (exact) mass is 584 g/mol. The van der Waals surface area contributed by atoms with Gasteiger partial charge in [-0.1, -0.05) is 115 Å². The lowest BCUT2D eigenvalue weighted by molar-refractivity contribution is 1.08. The fourth-order valence-electron chi connectivity index (χ4n) is 7.92. The van der Waals surface area contributed by atoms with Gasteiger partial charge < -0.3 is 4.40 Å². The molecule has 212 valence electrons. The molecule has 0 aliphatic heterocycles. The van der Waals surface area contributed by atoms with Gasteiger partial charge in [-0.15, -0.1) is 0 Å². The van der Waals surface area contributed by atoms with Crippen molar-refractivity contribution in [1.82, 2.24) is 18.9 Å². The first kappa shape index (κ1) is 24.1. The van der Waals surface area contributed by atoms with Gasteiger partial charge in [-0.25, -0.2) is 9.97 Å². The molecule has 0 saturated heterocycles. The van der Waals surface area contributed by atoms with Crippen molar-refractivity contribution in [2.75, 3.05) is 0 Å². The van der Waals surface area contributed by atoms with E-state index in [0.717, 1.165) is 39.1 Å². The molecule has 0 amide bonds. The summed E-state index contributed by atoms with van der Waals surface area (Å²) in [6, 6.07) is 51.9. The molecule has 0 bridgehead atoms. The Bertz CT molecular complexity index is 3020. The van der Waals surface area contributed by atoms with E-state index in [4.69, 9.17) is 9.97 Å². The third-order valence-corrected chi connectivity index (χ3v) is 9.78. The second-order valence-electron chi connectivity index (χ2n) is 12.2. The quantitative estimate of drug-likeness (QED) is 0.203. The molecule has 4 heterocycles. The molecule has 0 spiro atoms. The average molecular weight is 585 g/mol. The van der Waals surface area contributed by atoms with Gasteiger partial charge in [0.1, 0.15) is 5.69 Å². The fraction of sp³-hybridized carbons (Fsp3) is 0. The van der Waals surface area contributed by atoms with E-state index < -0.39 is 0 Å². The minimum Gasteiger partial charge on any atom is -0.306 e. The van der Waals surface area contributed by atoms with Crippen molar-refractivity contribution in [2.24, 2.45) is 0 Å². The summed E-state index contributed by atoms with van der Waals surface area (Å²) in [6.45, 7) is 0. The van der Waals surface area contributed by atoms with Crippen LogP contribution in [0, 0.1) is 0 Å². The van der Waals surface area contributed by atoms with Gasteiger partial charge in [-0.05, 0) is 51.9 Å². The van der Waals surface area contributed by atoms with Crippen LogP contribution in [-0.2, 0) is 0 Å². The molecule has 0 saturated carbocycles. The third-order valence-electron chi connectivity index (χ3n) is 9.78. The average Bonchev–Trinajstić information content (AvgIpc) is 3.75. The van der Waals surface area contributed by atoms with E-state index in [1.807, 2.05) is 12.1 Å². The Morgan fingerprint density at radius 3 is 1.89 bits per heavy atom. The molecule has 0 atom stereocenters. The molecule has 0 aliphatic rings. The van der Waals surface area contributed by atoms with Crippen LogP contribution in [0.25, 0.3) is 98.8 Å². The topological polar surface area (TPSA) is 35.1 Å². The van der Waals surface area contributed by atoms with Gasteiger partial charge in [0.2, 0.25) is 0 Å². The Morgan fingerprint density at radius 1 is 0.413 bits per heavy atom. The van der Waals surface area contributed by atoms with E-state index in [1.165, 1.54) is 59.6 Å². The van der Waals surface area contributed by atoms with Crippen LogP contribution >= 0.6 is 0 Å². The van der Waals surface area contributed by atoms with Crippen LogP contribution in [0.3, 0.4) is 0 Å². The molecular weight excluding hydrogens is 560 g/mol. The highest BCUT2D eigenvalue weighted by atomic mass is 15.1. The number of para-hydroxylation sites is 3. The van der Waals surface area contributed by atoms with Crippen molar-refractivity contribution in [1.29, 1.82) is 0 Å². The zero-order valence-corrected chi connectivity index (χ0v) is 24.6. The fourth-order valence-corrected chi connectivity index (χ4v) is 7.92. The van der Waals surface area contributed by atoms with Crippen molar-refractivity contribution >= 4 is 81.7 Å². The normalized spacial score (nSPS) is 12.3. The Labute approximate surface area is 262 Å². The highest BCUT2D eigenvalue weighted by molar-refractivity contribution is 6.35. The molecular formula is C42H24N4. The van der Waals surface area contributed by atoms with Crippen molar-refractivity contribution < 1.29 is 0 Å². The lowest BCUT2D eigenvalue weighted by Crippen LogP contribution is -2.03. The number of nitrogens with zero attached hydrogens (tertiary/aromatic N) is 4. The maximum absolute atomic E-state index is 5.43. The molecule has 46 heavy (non-hydrogen) atoms. The van der Waals surface area contributed by atoms with Crippen LogP contribution in [-0.4, -0.2) is 18.9 Å². The Kier molecular flexibility index (Phi) is 4.55. The molecule has 0 N–H and O–H groups in total. The molecule has 4 heteroatoms. The van der Waals surface area contributed by atoms with Gasteiger partial charge in [-0.3, -0.25) is 4.57 Å². The number of benzene rings is 7. The van der Waals surface area contributed by atoms with Crippen LogP contribution < -0.4 is 0 Å². The summed E-state index contributed by atoms with van der Waals surface area (Å²) in [5, 5.41) is 9.97. The van der Waals surface area contributed by atoms with Gasteiger partial charge in [0.05, 0.1) is 38.6 Å². The van der Waals surface area contributed by atoms with Crippen molar-refractivity contribution in [2.45, 2.75) is 0 Å². The highest BCUT2D eigenvalue weighted by Gasteiger charge is 2.28. The minimum absolute atomic E-state index is 0.836. The molecule has 4 nitrogen and oxygen atoms in total. The van der Waals surface area contributed by atoms with Crippen molar-refractivity contribution in [3.05, 3.63) is 146 Å². The van der Waals surface area contributed by atoms with Crippen molar-refractivity contribution in [3.8, 4) is 17.1 Å². The minimum atomic E-state index is 0.836. The van der Waals surface area contributed by atoms with Crippen LogP contribution in [0.1, 0.15) is 0 Å². The number of rotatable bonds is 2. The Balaban J connectivity index is 1.47. The molecule has 11 rings (SSSR count). The summed E-state index contributed by atoms with van der Waals surface area (Å²) in [7, 11) is 0. The largest absolute Gasteiger partial charge is 0.306 e. The Hall–Kier alpha value is -6.26. The van der Waals surface area contributed by atoms with E-state index >= 15 is 0 Å². The van der Waals surface area contributed by atoms with E-state index in [2.05, 4.69) is 142 Å². The summed E-state index contributed by atoms with van der Waals surface area (Å²) in [4.78, 5) is 10.7. The van der Waals surface area contributed by atoms with Gasteiger partial charge >= 0.3 is 0 Å². The second kappa shape index (κ2) is 8.68. The van der Waals surface area contributed by atoms with E-state index in [-0.39, 0.29) is 0 Å². The van der Waals surface area contributed by atoms with Gasteiger partial charge in [0.15, 0.2) is 5.82 Å². The molecule has 7 aromatic carbocycles. The maximum Gasteiger partial charge on any atom is 0.165 e. The number of hydrogen-bond donors (Lipinski definition) is 0. The summed E-state index contributed by atoms with van der Waals surface area (Å²) < 4.78 is 4.91. The first-order chi connectivity index (χ1) is 22.8. The standard InChI is InChI=1S/C42H24N4/c1-2-13-26(14-3-1)38-42(44-33-20-10-9-19-32(33)43-38)46-35-23-22-25-12-4-6-16-28(25)37(35)41-40(46)31-24-27-15-5-7-17-29(27)36-30-18-8-11-21-34(30)45(41)39(31)36/h1-24H.